The first-order valence-corrected chi connectivity index (χ1v) is 4.92. The maximum absolute atomic E-state index is 2.34. The van der Waals surface area contributed by atoms with Gasteiger partial charge in [0.25, 0.3) is 0 Å². The van der Waals surface area contributed by atoms with Crippen LogP contribution in [0.3, 0.4) is 0 Å². The van der Waals surface area contributed by atoms with E-state index < -0.39 is 0 Å². The molecule has 1 fully saturated rings. The summed E-state index contributed by atoms with van der Waals surface area (Å²) < 4.78 is 0. The zero-order valence-electron chi connectivity index (χ0n) is 6.55. The van der Waals surface area contributed by atoms with Crippen LogP contribution in [0.15, 0.2) is 0 Å². The highest BCUT2D eigenvalue weighted by molar-refractivity contribution is 8.01. The maximum Gasteiger partial charge on any atom is 0.00831 e. The van der Waals surface area contributed by atoms with Crippen LogP contribution in [-0.4, -0.2) is 11.0 Å². The summed E-state index contributed by atoms with van der Waals surface area (Å²) in [7, 11) is 0. The molecule has 2 atom stereocenters. The molecule has 0 aromatic carbocycles. The van der Waals surface area contributed by atoms with Gasteiger partial charge in [-0.3, -0.25) is 0 Å². The minimum Gasteiger partial charge on any atom is -0.158 e. The summed E-state index contributed by atoms with van der Waals surface area (Å²) >= 11 is 2.14. The summed E-state index contributed by atoms with van der Waals surface area (Å²) in [6, 6.07) is 0. The van der Waals surface area contributed by atoms with E-state index in [9.17, 15) is 0 Å². The average molecular weight is 144 g/mol. The normalized spacial score (nSPS) is 34.7. The lowest BCUT2D eigenvalue weighted by Gasteiger charge is -2.38. The highest BCUT2D eigenvalue weighted by atomic mass is 32.2. The van der Waals surface area contributed by atoms with E-state index in [1.165, 1.54) is 12.2 Å². The molecule has 1 heterocycles. The van der Waals surface area contributed by atoms with Crippen molar-refractivity contribution >= 4 is 11.8 Å². The van der Waals surface area contributed by atoms with Crippen molar-refractivity contribution in [1.82, 2.24) is 0 Å². The van der Waals surface area contributed by atoms with Gasteiger partial charge in [-0.15, -0.1) is 0 Å². The second-order valence-corrected chi connectivity index (χ2v) is 4.46. The number of hydrogen-bond donors (Lipinski definition) is 0. The van der Waals surface area contributed by atoms with Crippen LogP contribution in [-0.2, 0) is 0 Å². The third-order valence-corrected chi connectivity index (χ3v) is 3.93. The lowest BCUT2D eigenvalue weighted by atomic mass is 9.92. The Morgan fingerprint density at radius 1 is 1.56 bits per heavy atom. The fourth-order valence-corrected chi connectivity index (χ4v) is 3.01. The van der Waals surface area contributed by atoms with Crippen molar-refractivity contribution in [3.8, 4) is 0 Å². The predicted molar refractivity (Wildman–Crippen MR) is 44.9 cm³/mol. The van der Waals surface area contributed by atoms with Gasteiger partial charge in [-0.1, -0.05) is 20.8 Å². The minimum absolute atomic E-state index is 0.913. The summed E-state index contributed by atoms with van der Waals surface area (Å²) in [5.41, 5.74) is 0. The van der Waals surface area contributed by atoms with Gasteiger partial charge in [-0.25, -0.2) is 0 Å². The summed E-state index contributed by atoms with van der Waals surface area (Å²) in [5.74, 6) is 3.35. The molecule has 0 spiro atoms. The molecule has 9 heavy (non-hydrogen) atoms. The van der Waals surface area contributed by atoms with Gasteiger partial charge >= 0.3 is 0 Å². The van der Waals surface area contributed by atoms with E-state index in [0.717, 1.165) is 17.1 Å². The van der Waals surface area contributed by atoms with Crippen LogP contribution < -0.4 is 0 Å². The Morgan fingerprint density at radius 3 is 2.33 bits per heavy atom. The monoisotopic (exact) mass is 144 g/mol. The van der Waals surface area contributed by atoms with Crippen molar-refractivity contribution in [3.63, 3.8) is 0 Å². The first kappa shape index (κ1) is 7.46. The van der Waals surface area contributed by atoms with Crippen molar-refractivity contribution in [2.45, 2.75) is 32.4 Å². The zero-order valence-corrected chi connectivity index (χ0v) is 7.37. The van der Waals surface area contributed by atoms with E-state index in [-0.39, 0.29) is 0 Å². The molecule has 0 N–H and O–H groups in total. The topological polar surface area (TPSA) is 0 Å². The van der Waals surface area contributed by atoms with Crippen LogP contribution in [0.1, 0.15) is 27.2 Å². The summed E-state index contributed by atoms with van der Waals surface area (Å²) in [5, 5.41) is 0.991. The van der Waals surface area contributed by atoms with Crippen LogP contribution in [0.5, 0.6) is 0 Å². The van der Waals surface area contributed by atoms with Crippen LogP contribution in [0.25, 0.3) is 0 Å². The third-order valence-electron chi connectivity index (χ3n) is 2.24. The van der Waals surface area contributed by atoms with Crippen molar-refractivity contribution in [3.05, 3.63) is 0 Å². The van der Waals surface area contributed by atoms with Crippen molar-refractivity contribution in [1.29, 1.82) is 0 Å². The summed E-state index contributed by atoms with van der Waals surface area (Å²) in [6.07, 6.45) is 1.37. The van der Waals surface area contributed by atoms with Gasteiger partial charge in [0.1, 0.15) is 0 Å². The zero-order chi connectivity index (χ0) is 6.85. The lowest BCUT2D eigenvalue weighted by molar-refractivity contribution is 0.381. The van der Waals surface area contributed by atoms with Gasteiger partial charge in [0.05, 0.1) is 0 Å². The Labute approximate surface area is 62.4 Å². The molecule has 0 aliphatic carbocycles. The molecular formula is C8H16S. The molecule has 0 nitrogen and oxygen atoms in total. The molecule has 1 heteroatoms. The lowest BCUT2D eigenvalue weighted by Crippen LogP contribution is -2.33. The molecule has 0 amide bonds. The van der Waals surface area contributed by atoms with Crippen LogP contribution in [0.4, 0.5) is 0 Å². The summed E-state index contributed by atoms with van der Waals surface area (Å²) in [4.78, 5) is 0. The van der Waals surface area contributed by atoms with Gasteiger partial charge in [0.15, 0.2) is 0 Å². The van der Waals surface area contributed by atoms with Gasteiger partial charge in [0, 0.05) is 5.25 Å². The molecule has 54 valence electrons. The minimum atomic E-state index is 0.913. The maximum atomic E-state index is 2.34. The Hall–Kier alpha value is 0.350. The van der Waals surface area contributed by atoms with E-state index in [4.69, 9.17) is 0 Å². The van der Waals surface area contributed by atoms with Gasteiger partial charge < -0.3 is 0 Å². The molecular weight excluding hydrogens is 128 g/mol. The molecule has 0 aromatic heterocycles. The molecule has 0 aromatic rings. The highest BCUT2D eigenvalue weighted by Crippen LogP contribution is 2.40. The molecule has 0 bridgehead atoms. The molecule has 1 aliphatic heterocycles. The largest absolute Gasteiger partial charge is 0.158 e. The molecule has 1 saturated heterocycles. The predicted octanol–water partition coefficient (Wildman–Crippen LogP) is 2.78. The Balaban J connectivity index is 2.27. The van der Waals surface area contributed by atoms with Crippen molar-refractivity contribution in [2.24, 2.45) is 11.8 Å². The number of hydrogen-bond acceptors (Lipinski definition) is 1. The average Bonchev–Trinajstić information content (AvgIpc) is 1.61. The molecule has 2 unspecified atom stereocenters. The van der Waals surface area contributed by atoms with E-state index in [0.29, 0.717) is 0 Å². The van der Waals surface area contributed by atoms with Gasteiger partial charge in [-0.05, 0) is 24.0 Å². The highest BCUT2D eigenvalue weighted by Gasteiger charge is 2.31. The Kier molecular flexibility index (Phi) is 2.45. The second-order valence-electron chi connectivity index (χ2n) is 3.19. The van der Waals surface area contributed by atoms with E-state index in [1.54, 1.807) is 0 Å². The SMILES string of the molecule is CCC1SCC1C(C)C. The van der Waals surface area contributed by atoms with Gasteiger partial charge in [0.2, 0.25) is 0 Å². The Bertz CT molecular complexity index is 86.6. The first-order chi connectivity index (χ1) is 4.25. The smallest absolute Gasteiger partial charge is 0.00831 e. The Morgan fingerprint density at radius 2 is 2.22 bits per heavy atom. The molecule has 1 aliphatic rings. The van der Waals surface area contributed by atoms with Crippen molar-refractivity contribution in [2.75, 3.05) is 5.75 Å². The second kappa shape index (κ2) is 2.96. The number of rotatable bonds is 2. The van der Waals surface area contributed by atoms with E-state index in [1.807, 2.05) is 0 Å². The van der Waals surface area contributed by atoms with Crippen LogP contribution in [0, 0.1) is 11.8 Å². The van der Waals surface area contributed by atoms with Crippen LogP contribution in [0.2, 0.25) is 0 Å². The van der Waals surface area contributed by atoms with E-state index >= 15 is 0 Å². The molecule has 0 radical (unpaired) electrons. The fraction of sp³-hybridized carbons (Fsp3) is 1.00. The first-order valence-electron chi connectivity index (χ1n) is 3.87. The van der Waals surface area contributed by atoms with Crippen LogP contribution >= 0.6 is 11.8 Å². The third kappa shape index (κ3) is 1.43. The molecule has 1 rings (SSSR count). The fourth-order valence-electron chi connectivity index (χ4n) is 1.39. The standard InChI is InChI=1S/C8H16S/c1-4-8-7(5-9-8)6(2)3/h6-8H,4-5H2,1-3H3. The van der Waals surface area contributed by atoms with E-state index in [2.05, 4.69) is 32.5 Å². The van der Waals surface area contributed by atoms with Crippen molar-refractivity contribution < 1.29 is 0 Å². The quantitative estimate of drug-likeness (QED) is 0.574. The summed E-state index contributed by atoms with van der Waals surface area (Å²) in [6.45, 7) is 6.98. The molecule has 0 saturated carbocycles. The number of thioether (sulfide) groups is 1. The van der Waals surface area contributed by atoms with Gasteiger partial charge in [-0.2, -0.15) is 11.8 Å².